The van der Waals surface area contributed by atoms with Crippen LogP contribution in [0.1, 0.15) is 37.5 Å². The molecule has 6 heteroatoms. The van der Waals surface area contributed by atoms with Crippen molar-refractivity contribution in [2.24, 2.45) is 10.9 Å². The number of rotatable bonds is 7. The van der Waals surface area contributed by atoms with Crippen LogP contribution in [-0.2, 0) is 11.3 Å². The van der Waals surface area contributed by atoms with Crippen LogP contribution < -0.4 is 10.6 Å². The number of likely N-dealkylation sites (tertiary alicyclic amines) is 1. The predicted molar refractivity (Wildman–Crippen MR) is 105 cm³/mol. The van der Waals surface area contributed by atoms with Crippen LogP contribution in [0.15, 0.2) is 22.5 Å². The Bertz CT molecular complexity index is 506. The van der Waals surface area contributed by atoms with Crippen molar-refractivity contribution in [2.45, 2.75) is 45.3 Å². The van der Waals surface area contributed by atoms with Gasteiger partial charge in [0.25, 0.3) is 0 Å². The van der Waals surface area contributed by atoms with E-state index >= 15 is 0 Å². The normalized spacial score (nSPS) is 23.1. The van der Waals surface area contributed by atoms with Gasteiger partial charge in [-0.25, -0.2) is 0 Å². The molecule has 1 aromatic rings. The lowest BCUT2D eigenvalue weighted by Gasteiger charge is -2.31. The van der Waals surface area contributed by atoms with Gasteiger partial charge in [-0.15, -0.1) is 11.3 Å². The fourth-order valence-electron chi connectivity index (χ4n) is 3.53. The van der Waals surface area contributed by atoms with Gasteiger partial charge in [0.05, 0.1) is 6.10 Å². The van der Waals surface area contributed by atoms with Crippen molar-refractivity contribution in [3.05, 3.63) is 22.4 Å². The second-order valence-corrected chi connectivity index (χ2v) is 8.07. The summed E-state index contributed by atoms with van der Waals surface area (Å²) >= 11 is 1.86. The summed E-state index contributed by atoms with van der Waals surface area (Å²) in [7, 11) is 0. The third-order valence-corrected chi connectivity index (χ3v) is 5.90. The van der Waals surface area contributed by atoms with Crippen LogP contribution in [0.3, 0.4) is 0 Å². The molecule has 3 rings (SSSR count). The summed E-state index contributed by atoms with van der Waals surface area (Å²) in [4.78, 5) is 8.87. The number of thiophene rings is 1. The zero-order valence-corrected chi connectivity index (χ0v) is 16.2. The number of guanidine groups is 1. The molecule has 1 aromatic heterocycles. The highest BCUT2D eigenvalue weighted by molar-refractivity contribution is 7.09. The van der Waals surface area contributed by atoms with E-state index in [2.05, 4.69) is 40.0 Å². The number of piperidine rings is 1. The molecule has 0 radical (unpaired) electrons. The molecular weight excluding hydrogens is 332 g/mol. The van der Waals surface area contributed by atoms with Gasteiger partial charge in [-0.05, 0) is 63.1 Å². The van der Waals surface area contributed by atoms with Gasteiger partial charge in [-0.1, -0.05) is 6.07 Å². The Morgan fingerprint density at radius 1 is 1.32 bits per heavy atom. The highest BCUT2D eigenvalue weighted by Gasteiger charge is 2.20. The monoisotopic (exact) mass is 364 g/mol. The van der Waals surface area contributed by atoms with Crippen molar-refractivity contribution in [3.8, 4) is 0 Å². The number of aliphatic imine (C=N–C) groups is 1. The molecule has 0 spiro atoms. The summed E-state index contributed by atoms with van der Waals surface area (Å²) in [6.07, 6.45) is 5.20. The van der Waals surface area contributed by atoms with Crippen LogP contribution in [0.5, 0.6) is 0 Å². The first-order chi connectivity index (χ1) is 12.3. The van der Waals surface area contributed by atoms with Crippen LogP contribution >= 0.6 is 11.3 Å². The minimum Gasteiger partial charge on any atom is -0.376 e. The molecule has 3 heterocycles. The first kappa shape index (κ1) is 18.7. The summed E-state index contributed by atoms with van der Waals surface area (Å²) in [6.45, 7) is 9.21. The molecule has 2 aliphatic rings. The average molecular weight is 365 g/mol. The molecule has 2 aliphatic heterocycles. The van der Waals surface area contributed by atoms with E-state index in [1.54, 1.807) is 0 Å². The predicted octanol–water partition coefficient (Wildman–Crippen LogP) is 2.69. The lowest BCUT2D eigenvalue weighted by molar-refractivity contribution is 0.113. The molecule has 2 fully saturated rings. The average Bonchev–Trinajstić information content (AvgIpc) is 3.32. The van der Waals surface area contributed by atoms with Crippen molar-refractivity contribution in [1.82, 2.24) is 15.5 Å². The molecule has 2 saturated heterocycles. The van der Waals surface area contributed by atoms with Gasteiger partial charge in [-0.3, -0.25) is 9.89 Å². The van der Waals surface area contributed by atoms with Crippen LogP contribution in [0.4, 0.5) is 0 Å². The third-order valence-electron chi connectivity index (χ3n) is 5.04. The lowest BCUT2D eigenvalue weighted by Crippen LogP contribution is -2.41. The Hall–Kier alpha value is -1.11. The Morgan fingerprint density at radius 3 is 2.88 bits per heavy atom. The molecule has 1 atom stereocenters. The Labute approximate surface area is 155 Å². The quantitative estimate of drug-likeness (QED) is 0.577. The fraction of sp³-hybridized carbons (Fsp3) is 0.737. The SMILES string of the molecule is CCNC(=NCC1CCN(Cc2cccs2)CC1)NCC1CCCO1. The molecule has 0 bridgehead atoms. The van der Waals surface area contributed by atoms with E-state index in [-0.39, 0.29) is 0 Å². The first-order valence-electron chi connectivity index (χ1n) is 9.72. The molecule has 5 nitrogen and oxygen atoms in total. The molecular formula is C19H32N4OS. The Kier molecular flexibility index (Phi) is 7.57. The highest BCUT2D eigenvalue weighted by Crippen LogP contribution is 2.20. The van der Waals surface area contributed by atoms with E-state index < -0.39 is 0 Å². The first-order valence-corrected chi connectivity index (χ1v) is 10.6. The molecule has 0 aromatic carbocycles. The number of ether oxygens (including phenoxy) is 1. The summed E-state index contributed by atoms with van der Waals surface area (Å²) in [5.41, 5.74) is 0. The smallest absolute Gasteiger partial charge is 0.191 e. The maximum absolute atomic E-state index is 5.68. The Balaban J connectivity index is 1.38. The largest absolute Gasteiger partial charge is 0.376 e. The van der Waals surface area contributed by atoms with Gasteiger partial charge in [0.2, 0.25) is 0 Å². The van der Waals surface area contributed by atoms with E-state index in [0.29, 0.717) is 12.0 Å². The van der Waals surface area contributed by atoms with Crippen LogP contribution in [-0.4, -0.2) is 56.3 Å². The van der Waals surface area contributed by atoms with Gasteiger partial charge in [0.1, 0.15) is 0 Å². The molecule has 1 unspecified atom stereocenters. The van der Waals surface area contributed by atoms with Crippen molar-refractivity contribution in [3.63, 3.8) is 0 Å². The minimum absolute atomic E-state index is 0.351. The van der Waals surface area contributed by atoms with Gasteiger partial charge in [0.15, 0.2) is 5.96 Å². The summed E-state index contributed by atoms with van der Waals surface area (Å²) in [5.74, 6) is 1.65. The second kappa shape index (κ2) is 10.1. The van der Waals surface area contributed by atoms with Gasteiger partial charge < -0.3 is 15.4 Å². The zero-order valence-electron chi connectivity index (χ0n) is 15.4. The van der Waals surface area contributed by atoms with Crippen LogP contribution in [0.2, 0.25) is 0 Å². The maximum Gasteiger partial charge on any atom is 0.191 e. The van der Waals surface area contributed by atoms with Crippen molar-refractivity contribution in [1.29, 1.82) is 0 Å². The number of nitrogens with one attached hydrogen (secondary N) is 2. The molecule has 0 amide bonds. The summed E-state index contributed by atoms with van der Waals surface area (Å²) in [6, 6.07) is 4.39. The standard InChI is InChI=1S/C19H32N4OS/c1-2-20-19(22-14-17-5-3-11-24-17)21-13-16-7-9-23(10-8-16)15-18-6-4-12-25-18/h4,6,12,16-17H,2-3,5,7-11,13-15H2,1H3,(H2,20,21,22). The lowest BCUT2D eigenvalue weighted by atomic mass is 9.97. The van der Waals surface area contributed by atoms with E-state index in [0.717, 1.165) is 45.2 Å². The van der Waals surface area contributed by atoms with Gasteiger partial charge >= 0.3 is 0 Å². The topological polar surface area (TPSA) is 48.9 Å². The fourth-order valence-corrected chi connectivity index (χ4v) is 4.27. The van der Waals surface area contributed by atoms with Crippen molar-refractivity contribution < 1.29 is 4.74 Å². The molecule has 0 saturated carbocycles. The molecule has 0 aliphatic carbocycles. The summed E-state index contributed by atoms with van der Waals surface area (Å²) in [5, 5.41) is 8.97. The van der Waals surface area contributed by atoms with Crippen molar-refractivity contribution in [2.75, 3.05) is 39.3 Å². The van der Waals surface area contributed by atoms with Crippen LogP contribution in [0.25, 0.3) is 0 Å². The van der Waals surface area contributed by atoms with E-state index in [9.17, 15) is 0 Å². The number of hydrogen-bond acceptors (Lipinski definition) is 4. The third kappa shape index (κ3) is 6.28. The van der Waals surface area contributed by atoms with E-state index in [1.165, 1.54) is 37.2 Å². The van der Waals surface area contributed by atoms with Crippen LogP contribution in [0, 0.1) is 5.92 Å². The van der Waals surface area contributed by atoms with Crippen molar-refractivity contribution >= 4 is 17.3 Å². The van der Waals surface area contributed by atoms with Gasteiger partial charge in [-0.2, -0.15) is 0 Å². The summed E-state index contributed by atoms with van der Waals surface area (Å²) < 4.78 is 5.68. The Morgan fingerprint density at radius 2 is 2.20 bits per heavy atom. The second-order valence-electron chi connectivity index (χ2n) is 7.03. The van der Waals surface area contributed by atoms with Gasteiger partial charge in [0, 0.05) is 37.7 Å². The molecule has 140 valence electrons. The molecule has 2 N–H and O–H groups in total. The maximum atomic E-state index is 5.68. The molecule has 25 heavy (non-hydrogen) atoms. The van der Waals surface area contributed by atoms with E-state index in [1.807, 2.05) is 11.3 Å². The number of hydrogen-bond donors (Lipinski definition) is 2. The number of nitrogens with zero attached hydrogens (tertiary/aromatic N) is 2. The highest BCUT2D eigenvalue weighted by atomic mass is 32.1. The minimum atomic E-state index is 0.351. The van der Waals surface area contributed by atoms with E-state index in [4.69, 9.17) is 9.73 Å². The zero-order chi connectivity index (χ0) is 17.3.